The normalized spacial score (nSPS) is 10.7. The number of hydrogen-bond acceptors (Lipinski definition) is 4. The SMILES string of the molecule is O=C(O)C=Cc1ccc(NC(=O)c2ccno2)c(F)c1. The third-order valence-corrected chi connectivity index (χ3v) is 2.32. The van der Waals surface area contributed by atoms with Gasteiger partial charge in [-0.05, 0) is 23.8 Å². The maximum atomic E-state index is 13.7. The summed E-state index contributed by atoms with van der Waals surface area (Å²) in [6.45, 7) is 0. The van der Waals surface area contributed by atoms with E-state index in [0.29, 0.717) is 5.56 Å². The van der Waals surface area contributed by atoms with Crippen molar-refractivity contribution in [3.8, 4) is 0 Å². The number of hydrogen-bond donors (Lipinski definition) is 2. The number of aliphatic carboxylic acids is 1. The lowest BCUT2D eigenvalue weighted by molar-refractivity contribution is -0.131. The molecule has 0 spiro atoms. The van der Waals surface area contributed by atoms with Crippen LogP contribution in [0.25, 0.3) is 6.08 Å². The van der Waals surface area contributed by atoms with Crippen LogP contribution in [0.4, 0.5) is 10.1 Å². The van der Waals surface area contributed by atoms with Crippen LogP contribution in [0.1, 0.15) is 16.1 Å². The van der Waals surface area contributed by atoms with Gasteiger partial charge in [-0.1, -0.05) is 11.2 Å². The summed E-state index contributed by atoms with van der Waals surface area (Å²) in [4.78, 5) is 22.0. The van der Waals surface area contributed by atoms with Crippen molar-refractivity contribution >= 4 is 23.6 Å². The lowest BCUT2D eigenvalue weighted by Gasteiger charge is -2.05. The van der Waals surface area contributed by atoms with Gasteiger partial charge in [0.2, 0.25) is 5.76 Å². The molecule has 1 heterocycles. The van der Waals surface area contributed by atoms with Crippen molar-refractivity contribution in [2.75, 3.05) is 5.32 Å². The minimum Gasteiger partial charge on any atom is -0.478 e. The molecule has 0 atom stereocenters. The number of anilines is 1. The summed E-state index contributed by atoms with van der Waals surface area (Å²) < 4.78 is 18.4. The molecule has 0 fully saturated rings. The zero-order chi connectivity index (χ0) is 14.5. The number of nitrogens with one attached hydrogen (secondary N) is 1. The van der Waals surface area contributed by atoms with Gasteiger partial charge in [0.1, 0.15) is 5.82 Å². The Morgan fingerprint density at radius 2 is 2.15 bits per heavy atom. The molecule has 0 saturated heterocycles. The third-order valence-electron chi connectivity index (χ3n) is 2.32. The molecule has 20 heavy (non-hydrogen) atoms. The van der Waals surface area contributed by atoms with Crippen molar-refractivity contribution in [1.29, 1.82) is 0 Å². The first-order chi connectivity index (χ1) is 9.56. The number of halogens is 1. The predicted molar refractivity (Wildman–Crippen MR) is 67.5 cm³/mol. The van der Waals surface area contributed by atoms with E-state index in [1.807, 2.05) is 0 Å². The third kappa shape index (κ3) is 3.29. The first-order valence-electron chi connectivity index (χ1n) is 5.49. The number of amides is 1. The molecule has 1 amide bonds. The minimum absolute atomic E-state index is 0.0424. The zero-order valence-corrected chi connectivity index (χ0v) is 10.0. The van der Waals surface area contributed by atoms with E-state index in [2.05, 4.69) is 15.0 Å². The van der Waals surface area contributed by atoms with Crippen LogP contribution >= 0.6 is 0 Å². The molecular formula is C13H9FN2O4. The standard InChI is InChI=1S/C13H9FN2O4/c14-9-7-8(2-4-12(17)18)1-3-10(9)16-13(19)11-5-6-15-20-11/h1-7H,(H,16,19)(H,17,18). The molecule has 0 unspecified atom stereocenters. The van der Waals surface area contributed by atoms with Crippen LogP contribution in [-0.4, -0.2) is 22.1 Å². The number of rotatable bonds is 4. The first kappa shape index (κ1) is 13.5. The van der Waals surface area contributed by atoms with Gasteiger partial charge in [0, 0.05) is 12.1 Å². The van der Waals surface area contributed by atoms with E-state index in [9.17, 15) is 14.0 Å². The Bertz CT molecular complexity index is 665. The van der Waals surface area contributed by atoms with Crippen molar-refractivity contribution in [1.82, 2.24) is 5.16 Å². The summed E-state index contributed by atoms with van der Waals surface area (Å²) in [5.41, 5.74) is 0.321. The van der Waals surface area contributed by atoms with E-state index in [1.54, 1.807) is 0 Å². The second-order valence-corrected chi connectivity index (χ2v) is 3.74. The molecule has 2 rings (SSSR count). The quantitative estimate of drug-likeness (QED) is 0.835. The van der Waals surface area contributed by atoms with Gasteiger partial charge in [-0.15, -0.1) is 0 Å². The predicted octanol–water partition coefficient (Wildman–Crippen LogP) is 2.16. The maximum absolute atomic E-state index is 13.7. The summed E-state index contributed by atoms with van der Waals surface area (Å²) in [5, 5.41) is 14.2. The molecule has 2 aromatic rings. The number of carbonyl (C=O) groups is 2. The summed E-state index contributed by atoms with van der Waals surface area (Å²) in [7, 11) is 0. The highest BCUT2D eigenvalue weighted by Crippen LogP contribution is 2.17. The van der Waals surface area contributed by atoms with E-state index >= 15 is 0 Å². The van der Waals surface area contributed by atoms with Gasteiger partial charge in [-0.25, -0.2) is 9.18 Å². The molecule has 0 bridgehead atoms. The average molecular weight is 276 g/mol. The van der Waals surface area contributed by atoms with Crippen molar-refractivity contribution in [3.63, 3.8) is 0 Å². The average Bonchev–Trinajstić information content (AvgIpc) is 2.93. The Kier molecular flexibility index (Phi) is 3.90. The molecule has 0 aliphatic heterocycles. The largest absolute Gasteiger partial charge is 0.478 e. The summed E-state index contributed by atoms with van der Waals surface area (Å²) in [6.07, 6.45) is 3.43. The van der Waals surface area contributed by atoms with Crippen LogP contribution in [0.2, 0.25) is 0 Å². The van der Waals surface area contributed by atoms with E-state index in [-0.39, 0.29) is 11.4 Å². The molecular weight excluding hydrogens is 267 g/mol. The molecule has 1 aromatic heterocycles. The zero-order valence-electron chi connectivity index (χ0n) is 10.0. The molecule has 0 saturated carbocycles. The Labute approximate surface area is 112 Å². The second kappa shape index (κ2) is 5.79. The number of aromatic nitrogens is 1. The smallest absolute Gasteiger partial charge is 0.328 e. The Morgan fingerprint density at radius 3 is 2.75 bits per heavy atom. The van der Waals surface area contributed by atoms with Crippen molar-refractivity contribution < 1.29 is 23.6 Å². The Hall–Kier alpha value is -2.96. The summed E-state index contributed by atoms with van der Waals surface area (Å²) >= 11 is 0. The van der Waals surface area contributed by atoms with Crippen molar-refractivity contribution in [3.05, 3.63) is 53.7 Å². The van der Waals surface area contributed by atoms with E-state index in [1.165, 1.54) is 30.5 Å². The van der Waals surface area contributed by atoms with E-state index in [0.717, 1.165) is 12.1 Å². The molecule has 6 nitrogen and oxygen atoms in total. The van der Waals surface area contributed by atoms with Crippen LogP contribution < -0.4 is 5.32 Å². The molecule has 2 N–H and O–H groups in total. The molecule has 1 aromatic carbocycles. The highest BCUT2D eigenvalue weighted by atomic mass is 19.1. The first-order valence-corrected chi connectivity index (χ1v) is 5.49. The number of benzene rings is 1. The molecule has 102 valence electrons. The maximum Gasteiger partial charge on any atom is 0.328 e. The fourth-order valence-electron chi connectivity index (χ4n) is 1.42. The van der Waals surface area contributed by atoms with Crippen LogP contribution in [0.3, 0.4) is 0 Å². The fourth-order valence-corrected chi connectivity index (χ4v) is 1.42. The Balaban J connectivity index is 2.14. The minimum atomic E-state index is -1.13. The van der Waals surface area contributed by atoms with E-state index < -0.39 is 17.7 Å². The van der Waals surface area contributed by atoms with Gasteiger partial charge in [-0.2, -0.15) is 0 Å². The van der Waals surface area contributed by atoms with Gasteiger partial charge >= 0.3 is 5.97 Å². The lowest BCUT2D eigenvalue weighted by atomic mass is 10.2. The molecule has 0 radical (unpaired) electrons. The highest BCUT2D eigenvalue weighted by Gasteiger charge is 2.12. The van der Waals surface area contributed by atoms with Gasteiger partial charge in [0.25, 0.3) is 5.91 Å². The molecule has 0 aliphatic carbocycles. The number of nitrogens with zero attached hydrogens (tertiary/aromatic N) is 1. The van der Waals surface area contributed by atoms with E-state index in [4.69, 9.17) is 5.11 Å². The number of carboxylic acids is 1. The van der Waals surface area contributed by atoms with Crippen molar-refractivity contribution in [2.45, 2.75) is 0 Å². The highest BCUT2D eigenvalue weighted by molar-refractivity contribution is 6.02. The topological polar surface area (TPSA) is 92.4 Å². The lowest BCUT2D eigenvalue weighted by Crippen LogP contribution is -2.12. The molecule has 0 aliphatic rings. The number of carbonyl (C=O) groups excluding carboxylic acids is 1. The summed E-state index contributed by atoms with van der Waals surface area (Å²) in [6, 6.07) is 5.25. The van der Waals surface area contributed by atoms with Gasteiger partial charge in [0.05, 0.1) is 11.9 Å². The number of carboxylic acid groups (broad SMARTS) is 1. The second-order valence-electron chi connectivity index (χ2n) is 3.74. The summed E-state index contributed by atoms with van der Waals surface area (Å²) in [5.74, 6) is -2.49. The molecule has 7 heteroatoms. The van der Waals surface area contributed by atoms with Crippen LogP contribution in [0, 0.1) is 5.82 Å². The fraction of sp³-hybridized carbons (Fsp3) is 0. The monoisotopic (exact) mass is 276 g/mol. The van der Waals surface area contributed by atoms with Gasteiger partial charge in [-0.3, -0.25) is 4.79 Å². The Morgan fingerprint density at radius 1 is 1.35 bits per heavy atom. The van der Waals surface area contributed by atoms with Gasteiger partial charge in [0.15, 0.2) is 0 Å². The van der Waals surface area contributed by atoms with Crippen LogP contribution in [0.5, 0.6) is 0 Å². The van der Waals surface area contributed by atoms with Crippen LogP contribution in [0.15, 0.2) is 41.1 Å². The van der Waals surface area contributed by atoms with Gasteiger partial charge < -0.3 is 14.9 Å². The van der Waals surface area contributed by atoms with Crippen LogP contribution in [-0.2, 0) is 4.79 Å². The van der Waals surface area contributed by atoms with Crippen molar-refractivity contribution in [2.24, 2.45) is 0 Å².